The molecule has 1 aliphatic heterocycles. The second kappa shape index (κ2) is 5.70. The molecule has 1 fully saturated rings. The van der Waals surface area contributed by atoms with E-state index in [0.29, 0.717) is 6.54 Å². The smallest absolute Gasteiger partial charge is 0.308 e. The van der Waals surface area contributed by atoms with Gasteiger partial charge >= 0.3 is 11.9 Å². The van der Waals surface area contributed by atoms with Crippen molar-refractivity contribution in [2.24, 2.45) is 5.92 Å². The Bertz CT molecular complexity index is 234. The molecular formula is C10H17NO4. The Balaban J connectivity index is 2.23. The molecule has 0 bridgehead atoms. The fourth-order valence-electron chi connectivity index (χ4n) is 1.81. The molecular weight excluding hydrogens is 198 g/mol. The van der Waals surface area contributed by atoms with Crippen LogP contribution in [0.1, 0.15) is 19.3 Å². The van der Waals surface area contributed by atoms with Crippen LogP contribution in [0.2, 0.25) is 0 Å². The molecule has 1 N–H and O–H groups in total. The number of carboxylic acids is 1. The van der Waals surface area contributed by atoms with Gasteiger partial charge in [0, 0.05) is 6.54 Å². The first kappa shape index (κ1) is 12.0. The predicted octanol–water partition coefficient (Wildman–Crippen LogP) is 0.346. The van der Waals surface area contributed by atoms with E-state index in [4.69, 9.17) is 5.11 Å². The number of nitrogens with zero attached hydrogens (tertiary/aromatic N) is 1. The van der Waals surface area contributed by atoms with Crippen LogP contribution >= 0.6 is 0 Å². The zero-order valence-corrected chi connectivity index (χ0v) is 8.94. The standard InChI is InChI=1S/C10H17NO4/c1-15-10(14)8-2-5-11(6-3-8)7-4-9(12)13/h8H,2-7H2,1H3,(H,12,13). The molecule has 0 aromatic carbocycles. The summed E-state index contributed by atoms with van der Waals surface area (Å²) in [4.78, 5) is 23.6. The lowest BCUT2D eigenvalue weighted by molar-refractivity contribution is -0.147. The van der Waals surface area contributed by atoms with Gasteiger partial charge in [0.2, 0.25) is 0 Å². The number of hydrogen-bond donors (Lipinski definition) is 1. The molecule has 0 atom stereocenters. The molecule has 0 aliphatic carbocycles. The van der Waals surface area contributed by atoms with Crippen LogP contribution in [0.4, 0.5) is 0 Å². The van der Waals surface area contributed by atoms with E-state index in [9.17, 15) is 9.59 Å². The first-order valence-corrected chi connectivity index (χ1v) is 5.15. The van der Waals surface area contributed by atoms with Crippen LogP contribution in [0.5, 0.6) is 0 Å². The summed E-state index contributed by atoms with van der Waals surface area (Å²) in [6, 6.07) is 0. The number of piperidine rings is 1. The van der Waals surface area contributed by atoms with Crippen molar-refractivity contribution in [3.8, 4) is 0 Å². The summed E-state index contributed by atoms with van der Waals surface area (Å²) in [7, 11) is 1.40. The van der Waals surface area contributed by atoms with E-state index in [-0.39, 0.29) is 18.3 Å². The highest BCUT2D eigenvalue weighted by atomic mass is 16.5. The largest absolute Gasteiger partial charge is 0.481 e. The van der Waals surface area contributed by atoms with Crippen molar-refractivity contribution in [3.05, 3.63) is 0 Å². The highest BCUT2D eigenvalue weighted by Crippen LogP contribution is 2.18. The molecule has 0 spiro atoms. The fourth-order valence-corrected chi connectivity index (χ4v) is 1.81. The molecule has 5 nitrogen and oxygen atoms in total. The Morgan fingerprint density at radius 3 is 2.47 bits per heavy atom. The summed E-state index contributed by atoms with van der Waals surface area (Å²) in [6.07, 6.45) is 1.71. The summed E-state index contributed by atoms with van der Waals surface area (Å²) in [5.41, 5.74) is 0. The highest BCUT2D eigenvalue weighted by Gasteiger charge is 2.25. The Hall–Kier alpha value is -1.10. The molecule has 0 saturated carbocycles. The van der Waals surface area contributed by atoms with Gasteiger partial charge in [0.05, 0.1) is 19.4 Å². The quantitative estimate of drug-likeness (QED) is 0.685. The molecule has 86 valence electrons. The minimum Gasteiger partial charge on any atom is -0.481 e. The third-order valence-electron chi connectivity index (χ3n) is 2.76. The lowest BCUT2D eigenvalue weighted by atomic mass is 9.97. The Morgan fingerprint density at radius 2 is 2.00 bits per heavy atom. The van der Waals surface area contributed by atoms with E-state index in [1.165, 1.54) is 7.11 Å². The fraction of sp³-hybridized carbons (Fsp3) is 0.800. The molecule has 1 saturated heterocycles. The van der Waals surface area contributed by atoms with Crippen LogP contribution in [-0.2, 0) is 14.3 Å². The van der Waals surface area contributed by atoms with Gasteiger partial charge in [-0.3, -0.25) is 9.59 Å². The average molecular weight is 215 g/mol. The Morgan fingerprint density at radius 1 is 1.40 bits per heavy atom. The second-order valence-electron chi connectivity index (χ2n) is 3.78. The van der Waals surface area contributed by atoms with Gasteiger partial charge < -0.3 is 14.7 Å². The maximum absolute atomic E-state index is 11.2. The minimum absolute atomic E-state index is 0.00363. The number of carbonyl (C=O) groups is 2. The molecule has 5 heteroatoms. The number of rotatable bonds is 4. The van der Waals surface area contributed by atoms with Crippen LogP contribution in [0.25, 0.3) is 0 Å². The summed E-state index contributed by atoms with van der Waals surface area (Å²) in [5.74, 6) is -0.922. The number of hydrogen-bond acceptors (Lipinski definition) is 4. The number of carboxylic acid groups (broad SMARTS) is 1. The van der Waals surface area contributed by atoms with E-state index in [2.05, 4.69) is 9.64 Å². The van der Waals surface area contributed by atoms with Gasteiger partial charge in [-0.2, -0.15) is 0 Å². The molecule has 0 aromatic heterocycles. The maximum atomic E-state index is 11.2. The molecule has 0 amide bonds. The van der Waals surface area contributed by atoms with Crippen LogP contribution in [-0.4, -0.2) is 48.7 Å². The van der Waals surface area contributed by atoms with Gasteiger partial charge in [-0.25, -0.2) is 0 Å². The third-order valence-corrected chi connectivity index (χ3v) is 2.76. The predicted molar refractivity (Wildman–Crippen MR) is 53.4 cm³/mol. The number of aliphatic carboxylic acids is 1. The zero-order chi connectivity index (χ0) is 11.3. The Labute approximate surface area is 89.0 Å². The van der Waals surface area contributed by atoms with Crippen LogP contribution in [0.3, 0.4) is 0 Å². The lowest BCUT2D eigenvalue weighted by Gasteiger charge is -2.29. The molecule has 15 heavy (non-hydrogen) atoms. The maximum Gasteiger partial charge on any atom is 0.308 e. The first-order chi connectivity index (χ1) is 7.13. The van der Waals surface area contributed by atoms with Crippen molar-refractivity contribution < 1.29 is 19.4 Å². The van der Waals surface area contributed by atoms with Crippen molar-refractivity contribution in [2.45, 2.75) is 19.3 Å². The van der Waals surface area contributed by atoms with Gasteiger partial charge in [0.1, 0.15) is 0 Å². The highest BCUT2D eigenvalue weighted by molar-refractivity contribution is 5.72. The van der Waals surface area contributed by atoms with E-state index >= 15 is 0 Å². The summed E-state index contributed by atoms with van der Waals surface area (Å²) < 4.78 is 4.67. The third kappa shape index (κ3) is 3.87. The van der Waals surface area contributed by atoms with Crippen LogP contribution < -0.4 is 0 Å². The van der Waals surface area contributed by atoms with Crippen LogP contribution in [0.15, 0.2) is 0 Å². The summed E-state index contributed by atoms with van der Waals surface area (Å²) in [5, 5.41) is 8.52. The minimum atomic E-state index is -0.773. The SMILES string of the molecule is COC(=O)C1CCN(CCC(=O)O)CC1. The number of carbonyl (C=O) groups excluding carboxylic acids is 1. The van der Waals surface area contributed by atoms with Gasteiger partial charge in [0.25, 0.3) is 0 Å². The van der Waals surface area contributed by atoms with Gasteiger partial charge in [-0.15, -0.1) is 0 Å². The number of ether oxygens (including phenoxy) is 1. The van der Waals surface area contributed by atoms with Crippen molar-refractivity contribution in [1.82, 2.24) is 4.90 Å². The van der Waals surface area contributed by atoms with Crippen molar-refractivity contribution in [1.29, 1.82) is 0 Å². The number of esters is 1. The van der Waals surface area contributed by atoms with E-state index in [1.807, 2.05) is 0 Å². The van der Waals surface area contributed by atoms with Gasteiger partial charge in [-0.1, -0.05) is 0 Å². The topological polar surface area (TPSA) is 66.8 Å². The zero-order valence-electron chi connectivity index (χ0n) is 8.94. The van der Waals surface area contributed by atoms with E-state index in [0.717, 1.165) is 25.9 Å². The van der Waals surface area contributed by atoms with Crippen molar-refractivity contribution >= 4 is 11.9 Å². The summed E-state index contributed by atoms with van der Waals surface area (Å²) in [6.45, 7) is 2.14. The first-order valence-electron chi connectivity index (χ1n) is 5.15. The molecule has 1 aliphatic rings. The molecule has 1 heterocycles. The number of likely N-dealkylation sites (tertiary alicyclic amines) is 1. The van der Waals surface area contributed by atoms with Crippen LogP contribution in [0, 0.1) is 5.92 Å². The van der Waals surface area contributed by atoms with Gasteiger partial charge in [-0.05, 0) is 25.9 Å². The number of methoxy groups -OCH3 is 1. The van der Waals surface area contributed by atoms with E-state index < -0.39 is 5.97 Å². The molecule has 0 unspecified atom stereocenters. The Kier molecular flexibility index (Phi) is 4.55. The van der Waals surface area contributed by atoms with Gasteiger partial charge in [0.15, 0.2) is 0 Å². The lowest BCUT2D eigenvalue weighted by Crippen LogP contribution is -2.37. The van der Waals surface area contributed by atoms with Crippen molar-refractivity contribution in [3.63, 3.8) is 0 Å². The molecule has 0 aromatic rings. The monoisotopic (exact) mass is 215 g/mol. The molecule has 1 rings (SSSR count). The average Bonchev–Trinajstić information content (AvgIpc) is 2.26. The molecule has 0 radical (unpaired) electrons. The second-order valence-corrected chi connectivity index (χ2v) is 3.78. The summed E-state index contributed by atoms with van der Waals surface area (Å²) >= 11 is 0. The van der Waals surface area contributed by atoms with E-state index in [1.54, 1.807) is 0 Å². The normalized spacial score (nSPS) is 18.7. The van der Waals surface area contributed by atoms with Crippen molar-refractivity contribution in [2.75, 3.05) is 26.7 Å².